The zero-order valence-electron chi connectivity index (χ0n) is 27.8. The molecule has 3 aromatic heterocycles. The number of pyridine rings is 1. The fourth-order valence-corrected chi connectivity index (χ4v) is 7.37. The molecule has 2 aliphatic heterocycles. The molecule has 1 aromatic carbocycles. The Morgan fingerprint density at radius 2 is 1.74 bits per heavy atom. The van der Waals surface area contributed by atoms with Crippen molar-refractivity contribution in [2.45, 2.75) is 39.2 Å². The summed E-state index contributed by atoms with van der Waals surface area (Å²) >= 11 is 5.28. The Hall–Kier alpha value is -3.46. The van der Waals surface area contributed by atoms with Crippen molar-refractivity contribution in [1.29, 1.82) is 0 Å². The van der Waals surface area contributed by atoms with Crippen molar-refractivity contribution < 1.29 is 4.74 Å². The van der Waals surface area contributed by atoms with Crippen molar-refractivity contribution in [3.05, 3.63) is 46.8 Å². The van der Waals surface area contributed by atoms with Gasteiger partial charge in [0.05, 0.1) is 28.5 Å². The third-order valence-electron chi connectivity index (χ3n) is 9.05. The van der Waals surface area contributed by atoms with Crippen molar-refractivity contribution >= 4 is 73.6 Å². The molecule has 2 N–H and O–H groups in total. The lowest BCUT2D eigenvalue weighted by Gasteiger charge is -2.42. The molecule has 6 rings (SSSR count). The lowest BCUT2D eigenvalue weighted by molar-refractivity contribution is 0.0981. The highest BCUT2D eigenvalue weighted by molar-refractivity contribution is 9.10. The summed E-state index contributed by atoms with van der Waals surface area (Å²) in [5, 5.41) is 6.91. The molecule has 0 saturated carbocycles. The Morgan fingerprint density at radius 1 is 0.979 bits per heavy atom. The molecule has 5 heterocycles. The van der Waals surface area contributed by atoms with Gasteiger partial charge in [-0.05, 0) is 72.9 Å². The van der Waals surface area contributed by atoms with Gasteiger partial charge in [-0.3, -0.25) is 14.9 Å². The van der Waals surface area contributed by atoms with Gasteiger partial charge in [0.2, 0.25) is 11.8 Å². The fourth-order valence-electron chi connectivity index (χ4n) is 6.45. The van der Waals surface area contributed by atoms with Gasteiger partial charge in [0, 0.05) is 76.7 Å². The van der Waals surface area contributed by atoms with E-state index in [0.29, 0.717) is 23.7 Å². The molecule has 4 aromatic rings. The van der Waals surface area contributed by atoms with Crippen LogP contribution >= 0.6 is 27.9 Å². The molecule has 0 unspecified atom stereocenters. The van der Waals surface area contributed by atoms with Gasteiger partial charge >= 0.3 is 0 Å². The van der Waals surface area contributed by atoms with Crippen LogP contribution in [0.1, 0.15) is 32.3 Å². The zero-order valence-corrected chi connectivity index (χ0v) is 30.2. The van der Waals surface area contributed by atoms with Gasteiger partial charge in [-0.2, -0.15) is 9.97 Å². The number of ether oxygens (including phenoxy) is 1. The smallest absolute Gasteiger partial charge is 0.239 e. The first-order valence-electron chi connectivity index (χ1n) is 16.3. The lowest BCUT2D eigenvalue weighted by Crippen LogP contribution is -2.52. The van der Waals surface area contributed by atoms with Crippen LogP contribution in [0.15, 0.2) is 41.3 Å². The minimum atomic E-state index is 0.429. The average molecular weight is 723 g/mol. The van der Waals surface area contributed by atoms with E-state index in [2.05, 4.69) is 93.7 Å². The quantitative estimate of drug-likeness (QED) is 0.178. The van der Waals surface area contributed by atoms with E-state index in [0.717, 1.165) is 103 Å². The van der Waals surface area contributed by atoms with Crippen molar-refractivity contribution in [3.8, 4) is 5.88 Å². The number of fused-ring (bicyclic) bond motifs is 1. The molecule has 12 nitrogen and oxygen atoms in total. The first-order chi connectivity index (χ1) is 22.9. The van der Waals surface area contributed by atoms with E-state index in [1.54, 1.807) is 37.6 Å². The number of hydrogen-bond donors (Lipinski definition) is 2. The molecule has 2 fully saturated rings. The number of nitrogens with zero attached hydrogens (tertiary/aromatic N) is 9. The maximum Gasteiger partial charge on any atom is 0.239 e. The number of methoxy groups -OCH3 is 1. The highest BCUT2D eigenvalue weighted by Gasteiger charge is 2.28. The zero-order chi connectivity index (χ0) is 32.9. The Kier molecular flexibility index (Phi) is 10.8. The van der Waals surface area contributed by atoms with Gasteiger partial charge in [-0.15, -0.1) is 0 Å². The van der Waals surface area contributed by atoms with E-state index in [-0.39, 0.29) is 0 Å². The maximum atomic E-state index is 5.82. The van der Waals surface area contributed by atoms with E-state index in [1.165, 1.54) is 5.56 Å². The first kappa shape index (κ1) is 33.4. The summed E-state index contributed by atoms with van der Waals surface area (Å²) < 4.78 is 8.74. The standard InChI is InChI=1S/C33H44BrN11OS/c1-6-22-20-27(32(46-4)41-31(22)44-14-10-23(11-15-44)43-18-16-42(3)17-19-43)39-33-37-21-24(34)30(40-33)38-26-9-8-25-28(36-13-12-35-25)29(26)45(7-2)47-5/h8-9,12-13,20-21,23H,6-7,10-11,14-19H2,1-5H3,(H2,37,38,39,40). The largest absolute Gasteiger partial charge is 0.479 e. The number of rotatable bonds is 11. The SMILES string of the molecule is CCc1cc(Nc2ncc(Br)c(Nc3ccc4nccnc4c3N(CC)SC)n2)c(OC)nc1N1CCC(N2CCN(C)CC2)CC1. The van der Waals surface area contributed by atoms with E-state index >= 15 is 0 Å². The molecule has 0 bridgehead atoms. The fraction of sp³-hybridized carbons (Fsp3) is 0.485. The number of hydrogen-bond acceptors (Lipinski definition) is 13. The summed E-state index contributed by atoms with van der Waals surface area (Å²) in [7, 11) is 3.88. The summed E-state index contributed by atoms with van der Waals surface area (Å²) in [5.74, 6) is 2.57. The number of aryl methyl sites for hydroxylation is 1. The summed E-state index contributed by atoms with van der Waals surface area (Å²) in [6, 6.07) is 6.76. The topological polar surface area (TPSA) is 111 Å². The maximum absolute atomic E-state index is 5.82. The van der Waals surface area contributed by atoms with Gasteiger partial charge in [0.1, 0.15) is 22.8 Å². The second-order valence-corrected chi connectivity index (χ2v) is 13.5. The monoisotopic (exact) mass is 721 g/mol. The summed E-state index contributed by atoms with van der Waals surface area (Å²) in [5.41, 5.74) is 5.37. The lowest BCUT2D eigenvalue weighted by atomic mass is 10.0. The van der Waals surface area contributed by atoms with Gasteiger partial charge in [0.25, 0.3) is 0 Å². The molecular formula is C33H44BrN11OS. The average Bonchev–Trinajstić information content (AvgIpc) is 3.11. The number of anilines is 6. The molecule has 0 amide bonds. The van der Waals surface area contributed by atoms with Crippen LogP contribution in [-0.2, 0) is 6.42 Å². The van der Waals surface area contributed by atoms with Crippen molar-refractivity contribution in [3.63, 3.8) is 0 Å². The Morgan fingerprint density at radius 3 is 2.45 bits per heavy atom. The molecule has 250 valence electrons. The molecule has 0 aliphatic carbocycles. The molecule has 47 heavy (non-hydrogen) atoms. The number of likely N-dealkylation sites (N-methyl/N-ethyl adjacent to an activating group) is 1. The molecule has 0 radical (unpaired) electrons. The highest BCUT2D eigenvalue weighted by atomic mass is 79.9. The number of benzene rings is 1. The Bertz CT molecular complexity index is 1670. The van der Waals surface area contributed by atoms with Gasteiger partial charge in [0.15, 0.2) is 0 Å². The number of nitrogens with one attached hydrogen (secondary N) is 2. The molecule has 0 atom stereocenters. The first-order valence-corrected chi connectivity index (χ1v) is 18.3. The van der Waals surface area contributed by atoms with E-state index in [1.807, 2.05) is 12.1 Å². The molecule has 0 spiro atoms. The van der Waals surface area contributed by atoms with Crippen molar-refractivity contribution in [1.82, 2.24) is 34.7 Å². The third kappa shape index (κ3) is 7.35. The normalized spacial score (nSPS) is 16.4. The summed E-state index contributed by atoms with van der Waals surface area (Å²) in [6.07, 6.45) is 10.4. The minimum Gasteiger partial charge on any atom is -0.479 e. The summed E-state index contributed by atoms with van der Waals surface area (Å²) in [4.78, 5) is 31.2. The van der Waals surface area contributed by atoms with Crippen LogP contribution in [0, 0.1) is 0 Å². The van der Waals surface area contributed by atoms with Crippen LogP contribution in [0.3, 0.4) is 0 Å². The number of piperazine rings is 1. The van der Waals surface area contributed by atoms with Crippen LogP contribution in [0.2, 0.25) is 0 Å². The van der Waals surface area contributed by atoms with Crippen LogP contribution in [0.25, 0.3) is 11.0 Å². The Labute approximate surface area is 290 Å². The molecule has 14 heteroatoms. The van der Waals surface area contributed by atoms with E-state index < -0.39 is 0 Å². The predicted molar refractivity (Wildman–Crippen MR) is 197 cm³/mol. The molecular weight excluding hydrogens is 678 g/mol. The van der Waals surface area contributed by atoms with E-state index in [4.69, 9.17) is 14.7 Å². The summed E-state index contributed by atoms with van der Waals surface area (Å²) in [6.45, 7) is 11.7. The van der Waals surface area contributed by atoms with Crippen LogP contribution in [0.5, 0.6) is 5.88 Å². The van der Waals surface area contributed by atoms with Gasteiger partial charge in [-0.1, -0.05) is 18.9 Å². The number of piperidine rings is 1. The third-order valence-corrected chi connectivity index (χ3v) is 10.5. The van der Waals surface area contributed by atoms with E-state index in [9.17, 15) is 0 Å². The second-order valence-electron chi connectivity index (χ2n) is 11.8. The van der Waals surface area contributed by atoms with Crippen LogP contribution < -0.4 is 24.6 Å². The second kappa shape index (κ2) is 15.2. The molecule has 2 saturated heterocycles. The minimum absolute atomic E-state index is 0.429. The van der Waals surface area contributed by atoms with Gasteiger partial charge < -0.3 is 29.5 Å². The van der Waals surface area contributed by atoms with Crippen LogP contribution in [-0.4, -0.2) is 107 Å². The number of halogens is 1. The van der Waals surface area contributed by atoms with Crippen LogP contribution in [0.4, 0.5) is 34.6 Å². The van der Waals surface area contributed by atoms with Gasteiger partial charge in [-0.25, -0.2) is 4.98 Å². The Balaban J connectivity index is 1.22. The number of aromatic nitrogens is 5. The van der Waals surface area contributed by atoms with Crippen molar-refractivity contribution in [2.75, 3.05) is 86.1 Å². The predicted octanol–water partition coefficient (Wildman–Crippen LogP) is 5.96. The van der Waals surface area contributed by atoms with Crippen molar-refractivity contribution in [2.24, 2.45) is 0 Å². The highest BCUT2D eigenvalue weighted by Crippen LogP contribution is 2.39. The molecule has 2 aliphatic rings.